The van der Waals surface area contributed by atoms with Gasteiger partial charge in [0.25, 0.3) is 5.91 Å². The largest absolute Gasteiger partial charge is 0.491 e. The Bertz CT molecular complexity index is 878. The van der Waals surface area contributed by atoms with E-state index >= 15 is 0 Å². The minimum atomic E-state index is -0.582. The molecule has 0 aliphatic rings. The number of carbonyl (C=O) groups excluding carboxylic acids is 1. The Morgan fingerprint density at radius 3 is 2.64 bits per heavy atom. The van der Waals surface area contributed by atoms with Gasteiger partial charge in [0, 0.05) is 6.07 Å². The number of nitrogens with one attached hydrogen (secondary N) is 1. The van der Waals surface area contributed by atoms with Crippen molar-refractivity contribution in [2.75, 3.05) is 5.32 Å². The molecule has 1 N–H and O–H groups in total. The van der Waals surface area contributed by atoms with E-state index in [9.17, 15) is 9.18 Å². The van der Waals surface area contributed by atoms with Crippen LogP contribution in [0.4, 0.5) is 10.1 Å². The van der Waals surface area contributed by atoms with Crippen molar-refractivity contribution in [3.63, 3.8) is 0 Å². The highest BCUT2D eigenvalue weighted by Crippen LogP contribution is 2.22. The van der Waals surface area contributed by atoms with Gasteiger partial charge in [-0.2, -0.15) is 9.90 Å². The standard InChI is InChI=1S/C18H17FN4O2/c1-12(2)25-14-8-9-16(15(19)10-14)21-18(24)17-11-20-23(22-17)13-6-4-3-5-7-13/h3-12H,1-2H3,(H,21,24). The van der Waals surface area contributed by atoms with E-state index in [1.807, 2.05) is 44.2 Å². The van der Waals surface area contributed by atoms with E-state index in [1.165, 1.54) is 23.1 Å². The number of aromatic nitrogens is 3. The van der Waals surface area contributed by atoms with Crippen LogP contribution in [0.15, 0.2) is 54.7 Å². The summed E-state index contributed by atoms with van der Waals surface area (Å²) in [6.45, 7) is 3.70. The monoisotopic (exact) mass is 340 g/mol. The van der Waals surface area contributed by atoms with Crippen LogP contribution in [-0.2, 0) is 0 Å². The van der Waals surface area contributed by atoms with Crippen LogP contribution in [0.1, 0.15) is 24.3 Å². The van der Waals surface area contributed by atoms with Crippen molar-refractivity contribution in [3.8, 4) is 11.4 Å². The van der Waals surface area contributed by atoms with Crippen LogP contribution in [0.3, 0.4) is 0 Å². The van der Waals surface area contributed by atoms with Gasteiger partial charge in [0.05, 0.1) is 23.7 Å². The van der Waals surface area contributed by atoms with Crippen LogP contribution in [-0.4, -0.2) is 27.0 Å². The van der Waals surface area contributed by atoms with E-state index in [1.54, 1.807) is 6.07 Å². The molecule has 0 saturated heterocycles. The fourth-order valence-electron chi connectivity index (χ4n) is 2.18. The van der Waals surface area contributed by atoms with E-state index in [4.69, 9.17) is 4.74 Å². The molecule has 1 aromatic heterocycles. The number of amides is 1. The molecule has 0 bridgehead atoms. The predicted octanol–water partition coefficient (Wildman–Crippen LogP) is 3.45. The lowest BCUT2D eigenvalue weighted by Gasteiger charge is -2.11. The van der Waals surface area contributed by atoms with Gasteiger partial charge in [-0.3, -0.25) is 4.79 Å². The minimum absolute atomic E-state index is 0.0513. The van der Waals surface area contributed by atoms with Crippen LogP contribution >= 0.6 is 0 Å². The normalized spacial score (nSPS) is 10.7. The summed E-state index contributed by atoms with van der Waals surface area (Å²) in [5.74, 6) is -0.721. The minimum Gasteiger partial charge on any atom is -0.491 e. The van der Waals surface area contributed by atoms with Crippen molar-refractivity contribution >= 4 is 11.6 Å². The Balaban J connectivity index is 1.73. The molecule has 0 aliphatic carbocycles. The molecule has 1 amide bonds. The van der Waals surface area contributed by atoms with Gasteiger partial charge in [-0.25, -0.2) is 4.39 Å². The van der Waals surface area contributed by atoms with Crippen LogP contribution in [0.25, 0.3) is 5.69 Å². The topological polar surface area (TPSA) is 69.0 Å². The molecule has 6 nitrogen and oxygen atoms in total. The first-order chi connectivity index (χ1) is 12.0. The lowest BCUT2D eigenvalue weighted by Crippen LogP contribution is -2.14. The first-order valence-electron chi connectivity index (χ1n) is 7.78. The average molecular weight is 340 g/mol. The molecular formula is C18H17FN4O2. The lowest BCUT2D eigenvalue weighted by atomic mass is 10.2. The highest BCUT2D eigenvalue weighted by Gasteiger charge is 2.14. The molecule has 0 spiro atoms. The summed E-state index contributed by atoms with van der Waals surface area (Å²) in [4.78, 5) is 13.6. The number of rotatable bonds is 5. The highest BCUT2D eigenvalue weighted by atomic mass is 19.1. The van der Waals surface area contributed by atoms with Crippen molar-refractivity contribution in [2.24, 2.45) is 0 Å². The number of hydrogen-bond acceptors (Lipinski definition) is 4. The van der Waals surface area contributed by atoms with Gasteiger partial charge < -0.3 is 10.1 Å². The van der Waals surface area contributed by atoms with Gasteiger partial charge in [-0.05, 0) is 38.1 Å². The van der Waals surface area contributed by atoms with E-state index in [-0.39, 0.29) is 17.5 Å². The maximum absolute atomic E-state index is 14.1. The number of benzene rings is 2. The van der Waals surface area contributed by atoms with E-state index < -0.39 is 11.7 Å². The zero-order valence-corrected chi connectivity index (χ0v) is 13.8. The Kier molecular flexibility index (Phi) is 4.74. The predicted molar refractivity (Wildman–Crippen MR) is 91.5 cm³/mol. The molecule has 0 fully saturated rings. The van der Waals surface area contributed by atoms with Crippen LogP contribution in [0.5, 0.6) is 5.75 Å². The fraction of sp³-hybridized carbons (Fsp3) is 0.167. The summed E-state index contributed by atoms with van der Waals surface area (Å²) in [7, 11) is 0. The number of anilines is 1. The first-order valence-corrected chi connectivity index (χ1v) is 7.78. The number of hydrogen-bond donors (Lipinski definition) is 1. The molecule has 0 radical (unpaired) electrons. The van der Waals surface area contributed by atoms with Gasteiger partial charge in [-0.15, -0.1) is 5.10 Å². The number of ether oxygens (including phenoxy) is 1. The molecule has 128 valence electrons. The molecule has 25 heavy (non-hydrogen) atoms. The van der Waals surface area contributed by atoms with Crippen molar-refractivity contribution in [2.45, 2.75) is 20.0 Å². The van der Waals surface area contributed by atoms with Gasteiger partial charge in [0.15, 0.2) is 5.69 Å². The number of para-hydroxylation sites is 1. The summed E-state index contributed by atoms with van der Waals surface area (Å²) in [5.41, 5.74) is 0.865. The van der Waals surface area contributed by atoms with E-state index in [0.717, 1.165) is 5.69 Å². The van der Waals surface area contributed by atoms with Gasteiger partial charge in [-0.1, -0.05) is 18.2 Å². The molecule has 2 aromatic carbocycles. The molecular weight excluding hydrogens is 323 g/mol. The van der Waals surface area contributed by atoms with Gasteiger partial charge >= 0.3 is 0 Å². The molecule has 3 rings (SSSR count). The van der Waals surface area contributed by atoms with E-state index in [2.05, 4.69) is 15.5 Å². The molecule has 0 aliphatic heterocycles. The maximum Gasteiger partial charge on any atom is 0.277 e. The van der Waals surface area contributed by atoms with Crippen molar-refractivity contribution in [1.29, 1.82) is 0 Å². The summed E-state index contributed by atoms with van der Waals surface area (Å²) in [6, 6.07) is 13.5. The zero-order valence-electron chi connectivity index (χ0n) is 13.8. The number of nitrogens with zero attached hydrogens (tertiary/aromatic N) is 3. The Hall–Kier alpha value is -3.22. The molecule has 0 saturated carbocycles. The third kappa shape index (κ3) is 4.00. The third-order valence-electron chi connectivity index (χ3n) is 3.27. The summed E-state index contributed by atoms with van der Waals surface area (Å²) >= 11 is 0. The number of carbonyl (C=O) groups is 1. The number of halogens is 1. The molecule has 0 atom stereocenters. The second kappa shape index (κ2) is 7.12. The molecule has 1 heterocycles. The highest BCUT2D eigenvalue weighted by molar-refractivity contribution is 6.02. The van der Waals surface area contributed by atoms with Gasteiger partial charge in [0.1, 0.15) is 11.6 Å². The molecule has 0 unspecified atom stereocenters. The van der Waals surface area contributed by atoms with E-state index in [0.29, 0.717) is 5.75 Å². The van der Waals surface area contributed by atoms with Crippen LogP contribution < -0.4 is 10.1 Å². The summed E-state index contributed by atoms with van der Waals surface area (Å²) in [6.07, 6.45) is 1.27. The second-order valence-electron chi connectivity index (χ2n) is 5.62. The Labute approximate surface area is 144 Å². The second-order valence-corrected chi connectivity index (χ2v) is 5.62. The van der Waals surface area contributed by atoms with Gasteiger partial charge in [0.2, 0.25) is 0 Å². The zero-order chi connectivity index (χ0) is 17.8. The molecule has 3 aromatic rings. The first kappa shape index (κ1) is 16.6. The average Bonchev–Trinajstić information content (AvgIpc) is 3.08. The van der Waals surface area contributed by atoms with Crippen molar-refractivity contribution in [1.82, 2.24) is 15.0 Å². The maximum atomic E-state index is 14.1. The van der Waals surface area contributed by atoms with Crippen LogP contribution in [0, 0.1) is 5.82 Å². The summed E-state index contributed by atoms with van der Waals surface area (Å²) in [5, 5.41) is 10.6. The third-order valence-corrected chi connectivity index (χ3v) is 3.27. The molecule has 7 heteroatoms. The Morgan fingerprint density at radius 1 is 1.20 bits per heavy atom. The fourth-order valence-corrected chi connectivity index (χ4v) is 2.18. The SMILES string of the molecule is CC(C)Oc1ccc(NC(=O)c2cnn(-c3ccccc3)n2)c(F)c1. The summed E-state index contributed by atoms with van der Waals surface area (Å²) < 4.78 is 19.5. The Morgan fingerprint density at radius 2 is 1.96 bits per heavy atom. The van der Waals surface area contributed by atoms with Crippen LogP contribution in [0.2, 0.25) is 0 Å². The van der Waals surface area contributed by atoms with Crippen molar-refractivity contribution < 1.29 is 13.9 Å². The quantitative estimate of drug-likeness (QED) is 0.772. The smallest absolute Gasteiger partial charge is 0.277 e. The van der Waals surface area contributed by atoms with Crippen molar-refractivity contribution in [3.05, 3.63) is 66.2 Å². The lowest BCUT2D eigenvalue weighted by molar-refractivity contribution is 0.102.